The van der Waals surface area contributed by atoms with E-state index in [0.29, 0.717) is 89.9 Å². The third-order valence-electron chi connectivity index (χ3n) is 10.4. The number of aryl methyl sites for hydroxylation is 1. The van der Waals surface area contributed by atoms with Crippen LogP contribution in [0.2, 0.25) is 0 Å². The van der Waals surface area contributed by atoms with Gasteiger partial charge in [0.05, 0.1) is 48.6 Å². The first-order valence-corrected chi connectivity index (χ1v) is 21.0. The third kappa shape index (κ3) is 12.3. The van der Waals surface area contributed by atoms with Gasteiger partial charge in [-0.2, -0.15) is 0 Å². The van der Waals surface area contributed by atoms with Gasteiger partial charge in [-0.25, -0.2) is 0 Å². The van der Waals surface area contributed by atoms with Crippen LogP contribution in [0.1, 0.15) is 91.4 Å². The summed E-state index contributed by atoms with van der Waals surface area (Å²) in [6, 6.07) is 24.8. The lowest BCUT2D eigenvalue weighted by atomic mass is 9.85. The predicted octanol–water partition coefficient (Wildman–Crippen LogP) is 8.27. The molecule has 1 saturated carbocycles. The number of hydrogen-bond acceptors (Lipinski definition) is 10. The quantitative estimate of drug-likeness (QED) is 0.0471. The van der Waals surface area contributed by atoms with Crippen LogP contribution in [0, 0.1) is 24.7 Å². The molecular formula is C48H57N5O8. The first-order valence-electron chi connectivity index (χ1n) is 21.0. The van der Waals surface area contributed by atoms with Crippen molar-refractivity contribution in [1.82, 2.24) is 10.3 Å². The highest BCUT2D eigenvalue weighted by Crippen LogP contribution is 2.33. The number of hydrogen-bond donors (Lipinski definition) is 6. The van der Waals surface area contributed by atoms with Gasteiger partial charge in [0.25, 0.3) is 11.8 Å². The van der Waals surface area contributed by atoms with Crippen molar-refractivity contribution in [3.63, 3.8) is 0 Å². The number of aromatic nitrogens is 1. The molecule has 0 aliphatic heterocycles. The number of amides is 3. The van der Waals surface area contributed by atoms with Crippen molar-refractivity contribution in [1.29, 1.82) is 0 Å². The maximum atomic E-state index is 13.8. The van der Waals surface area contributed by atoms with Crippen molar-refractivity contribution >= 4 is 45.7 Å². The Morgan fingerprint density at radius 2 is 1.33 bits per heavy atom. The molecule has 1 unspecified atom stereocenters. The van der Waals surface area contributed by atoms with Gasteiger partial charge in [-0.3, -0.25) is 24.7 Å². The minimum absolute atomic E-state index is 0.000843. The predicted molar refractivity (Wildman–Crippen MR) is 237 cm³/mol. The fourth-order valence-corrected chi connectivity index (χ4v) is 7.00. The Morgan fingerprint density at radius 1 is 0.721 bits per heavy atom. The van der Waals surface area contributed by atoms with Gasteiger partial charge in [0.15, 0.2) is 0 Å². The summed E-state index contributed by atoms with van der Waals surface area (Å²) in [4.78, 5) is 44.7. The number of anilines is 3. The second kappa shape index (κ2) is 21.0. The van der Waals surface area contributed by atoms with E-state index in [1.54, 1.807) is 60.8 Å². The Bertz CT molecular complexity index is 2310. The van der Waals surface area contributed by atoms with Crippen LogP contribution in [-0.2, 0) is 4.79 Å². The molecule has 61 heavy (non-hydrogen) atoms. The highest BCUT2D eigenvalue weighted by molar-refractivity contribution is 6.08. The van der Waals surface area contributed by atoms with Crippen LogP contribution >= 0.6 is 0 Å². The number of aliphatic hydroxyl groups is 2. The summed E-state index contributed by atoms with van der Waals surface area (Å²) >= 11 is 0. The lowest BCUT2D eigenvalue weighted by Gasteiger charge is -2.30. The first kappa shape index (κ1) is 44.5. The number of rotatable bonds is 18. The molecule has 0 radical (unpaired) electrons. The molecule has 4 aromatic carbocycles. The Kier molecular flexibility index (Phi) is 15.3. The first-order chi connectivity index (χ1) is 29.4. The molecule has 1 atom stereocenters. The molecule has 3 amide bonds. The molecule has 6 N–H and O–H groups in total. The maximum absolute atomic E-state index is 13.8. The summed E-state index contributed by atoms with van der Waals surface area (Å²) in [7, 11) is 0. The lowest BCUT2D eigenvalue weighted by molar-refractivity contribution is -0.120. The van der Waals surface area contributed by atoms with Gasteiger partial charge in [-0.05, 0) is 110 Å². The van der Waals surface area contributed by atoms with Crippen LogP contribution < -0.4 is 35.5 Å². The second-order valence-corrected chi connectivity index (χ2v) is 16.4. The van der Waals surface area contributed by atoms with E-state index < -0.39 is 18.0 Å². The van der Waals surface area contributed by atoms with E-state index in [2.05, 4.69) is 26.3 Å². The molecule has 1 aliphatic carbocycles. The number of carbonyl (C=O) groups excluding carboxylic acids is 3. The molecule has 1 aromatic heterocycles. The van der Waals surface area contributed by atoms with Crippen molar-refractivity contribution in [2.45, 2.75) is 72.6 Å². The van der Waals surface area contributed by atoms with E-state index in [9.17, 15) is 24.6 Å². The molecule has 322 valence electrons. The van der Waals surface area contributed by atoms with Crippen LogP contribution in [0.5, 0.6) is 17.2 Å². The fourth-order valence-electron chi connectivity index (χ4n) is 7.00. The van der Waals surface area contributed by atoms with E-state index in [4.69, 9.17) is 14.2 Å². The van der Waals surface area contributed by atoms with Crippen LogP contribution in [-0.4, -0.2) is 65.4 Å². The Balaban J connectivity index is 1.10. The topological polar surface area (TPSA) is 180 Å². The molecule has 0 spiro atoms. The molecule has 0 saturated heterocycles. The van der Waals surface area contributed by atoms with Gasteiger partial charge in [-0.15, -0.1) is 0 Å². The number of nitrogens with zero attached hydrogens (tertiary/aromatic N) is 1. The van der Waals surface area contributed by atoms with Crippen LogP contribution in [0.15, 0.2) is 91.1 Å². The van der Waals surface area contributed by atoms with E-state index in [1.165, 1.54) is 0 Å². The zero-order chi connectivity index (χ0) is 43.5. The number of benzene rings is 4. The zero-order valence-electron chi connectivity index (χ0n) is 35.5. The van der Waals surface area contributed by atoms with Crippen molar-refractivity contribution in [2.75, 3.05) is 42.4 Å². The zero-order valence-corrected chi connectivity index (χ0v) is 35.5. The van der Waals surface area contributed by atoms with Crippen LogP contribution in [0.4, 0.5) is 17.1 Å². The molecule has 0 bridgehead atoms. The van der Waals surface area contributed by atoms with Gasteiger partial charge in [0, 0.05) is 28.5 Å². The Morgan fingerprint density at radius 3 is 1.98 bits per heavy atom. The molecule has 1 heterocycles. The summed E-state index contributed by atoms with van der Waals surface area (Å²) in [5, 5.41) is 33.7. The minimum Gasteiger partial charge on any atom is -0.491 e. The van der Waals surface area contributed by atoms with E-state index in [1.807, 2.05) is 65.0 Å². The molecular weight excluding hydrogens is 775 g/mol. The minimum atomic E-state index is -1.01. The average Bonchev–Trinajstić information content (AvgIpc) is 3.25. The lowest BCUT2D eigenvalue weighted by Crippen LogP contribution is -2.38. The van der Waals surface area contributed by atoms with Crippen molar-refractivity contribution < 1.29 is 38.8 Å². The molecule has 6 rings (SSSR count). The molecule has 5 aromatic rings. The number of nitrogens with one attached hydrogen (secondary N) is 4. The monoisotopic (exact) mass is 831 g/mol. The van der Waals surface area contributed by atoms with Gasteiger partial charge in [0.1, 0.15) is 30.1 Å². The van der Waals surface area contributed by atoms with Gasteiger partial charge in [0.2, 0.25) is 5.91 Å². The highest BCUT2D eigenvalue weighted by atomic mass is 16.5. The number of para-hydroxylation sites is 1. The average molecular weight is 832 g/mol. The van der Waals surface area contributed by atoms with Gasteiger partial charge < -0.3 is 40.4 Å². The summed E-state index contributed by atoms with van der Waals surface area (Å²) in [6.45, 7) is 10.6. The van der Waals surface area contributed by atoms with Crippen LogP contribution in [0.3, 0.4) is 0 Å². The van der Waals surface area contributed by atoms with E-state index in [0.717, 1.165) is 16.5 Å². The van der Waals surface area contributed by atoms with E-state index >= 15 is 0 Å². The smallest absolute Gasteiger partial charge is 0.255 e. The molecule has 13 heteroatoms. The number of aliphatic hydroxyl groups excluding tert-OH is 2. The van der Waals surface area contributed by atoms with Crippen LogP contribution in [0.25, 0.3) is 10.9 Å². The normalized spacial score (nSPS) is 15.6. The molecule has 13 nitrogen and oxygen atoms in total. The number of carbonyl (C=O) groups is 3. The van der Waals surface area contributed by atoms with E-state index in [-0.39, 0.29) is 42.9 Å². The van der Waals surface area contributed by atoms with Crippen molar-refractivity contribution in [2.24, 2.45) is 17.8 Å². The summed E-state index contributed by atoms with van der Waals surface area (Å²) < 4.78 is 17.8. The van der Waals surface area contributed by atoms with Gasteiger partial charge >= 0.3 is 0 Å². The Hall–Kier alpha value is -6.02. The largest absolute Gasteiger partial charge is 0.491 e. The maximum Gasteiger partial charge on any atom is 0.255 e. The number of fused-ring (bicyclic) bond motifs is 1. The second-order valence-electron chi connectivity index (χ2n) is 16.4. The van der Waals surface area contributed by atoms with Gasteiger partial charge in [-0.1, -0.05) is 58.0 Å². The fraction of sp³-hybridized carbons (Fsp3) is 0.375. The third-order valence-corrected chi connectivity index (χ3v) is 10.4. The summed E-state index contributed by atoms with van der Waals surface area (Å²) in [6.07, 6.45) is 3.47. The standard InChI is InChI=1S/C48H57N5O8/c1-29(2)27-60-43-24-35(46(56)50-37-16-12-32(13-17-37)45(55)51-38-22-33-8-6-7-9-39(33)49-26-38)14-18-40(43)53-48(58)36-15-19-41(44(25-36)61-28-30(3)4)52-47(57)34-11-10-31(5)42(23-34)59-21-20-54/h6-11,14-15,18-19,22-26,29-30,32,37,46,50,54,56H,12-13,16-17,20-21,27-28H2,1-5H3,(H,51,55)(H,52,57)(H,53,58)/t32-,37-,46?. The van der Waals surface area contributed by atoms with Crippen molar-refractivity contribution in [3.8, 4) is 17.2 Å². The molecule has 1 aliphatic rings. The number of ether oxygens (including phenoxy) is 3. The summed E-state index contributed by atoms with van der Waals surface area (Å²) in [5.41, 5.74) is 4.42. The van der Waals surface area contributed by atoms with Crippen molar-refractivity contribution in [3.05, 3.63) is 113 Å². The number of pyridine rings is 1. The summed E-state index contributed by atoms with van der Waals surface area (Å²) in [5.74, 6) is 0.627. The Labute approximate surface area is 357 Å². The molecule has 1 fully saturated rings. The SMILES string of the molecule is Cc1ccc(C(=O)Nc2ccc(C(=O)Nc3ccc(C(O)N[C@H]4CC[C@H](C(=O)Nc5cnc6ccccc6c5)CC4)cc3OCC(C)C)cc2OCC(C)C)cc1OCCO. The highest BCUT2D eigenvalue weighted by Gasteiger charge is 2.28.